The van der Waals surface area contributed by atoms with Gasteiger partial charge < -0.3 is 9.47 Å². The van der Waals surface area contributed by atoms with Crippen molar-refractivity contribution in [2.75, 3.05) is 7.11 Å². The molecule has 0 saturated carbocycles. The van der Waals surface area contributed by atoms with Crippen molar-refractivity contribution in [2.24, 2.45) is 5.10 Å². The van der Waals surface area contributed by atoms with E-state index in [-0.39, 0.29) is 4.90 Å². The van der Waals surface area contributed by atoms with E-state index in [1.54, 1.807) is 43.5 Å². The molecule has 0 fully saturated rings. The fourth-order valence-electron chi connectivity index (χ4n) is 2.78. The fraction of sp³-hybridized carbons (Fsp3) is 0.174. The molecule has 0 spiro atoms. The maximum absolute atomic E-state index is 12.5. The number of sulfonamides is 1. The van der Waals surface area contributed by atoms with Crippen LogP contribution in [0.3, 0.4) is 0 Å². The van der Waals surface area contributed by atoms with Gasteiger partial charge in [-0.1, -0.05) is 42.5 Å². The molecule has 0 radical (unpaired) electrons. The molecular weight excluding hydrogens is 400 g/mol. The molecule has 0 aliphatic heterocycles. The Morgan fingerprint density at radius 1 is 0.967 bits per heavy atom. The summed E-state index contributed by atoms with van der Waals surface area (Å²) in [6.07, 6.45) is 1.40. The zero-order chi connectivity index (χ0) is 21.6. The second-order valence-electron chi connectivity index (χ2n) is 6.75. The Balaban J connectivity index is 1.79. The lowest BCUT2D eigenvalue weighted by Crippen LogP contribution is -2.18. The third-order valence-corrected chi connectivity index (χ3v) is 5.84. The van der Waals surface area contributed by atoms with Gasteiger partial charge in [0.15, 0.2) is 11.5 Å². The molecule has 3 aromatic carbocycles. The average Bonchev–Trinajstić information content (AvgIpc) is 2.75. The molecule has 1 N–H and O–H groups in total. The van der Waals surface area contributed by atoms with Crippen LogP contribution in [0.5, 0.6) is 11.5 Å². The van der Waals surface area contributed by atoms with Crippen LogP contribution < -0.4 is 14.3 Å². The molecule has 30 heavy (non-hydrogen) atoms. The summed E-state index contributed by atoms with van der Waals surface area (Å²) in [4.78, 5) is 2.42. The third-order valence-electron chi connectivity index (χ3n) is 4.62. The molecule has 0 unspecified atom stereocenters. The molecule has 0 bridgehead atoms. The Labute approximate surface area is 177 Å². The minimum Gasteiger partial charge on any atom is -0.493 e. The van der Waals surface area contributed by atoms with Crippen LogP contribution in [0.1, 0.15) is 22.3 Å². The van der Waals surface area contributed by atoms with Gasteiger partial charge in [0, 0.05) is 5.56 Å². The summed E-state index contributed by atoms with van der Waals surface area (Å²) < 4.78 is 36.4. The first kappa shape index (κ1) is 21.4. The number of rotatable bonds is 8. The molecular formula is C23H24N2O4S. The van der Waals surface area contributed by atoms with E-state index in [1.165, 1.54) is 6.21 Å². The van der Waals surface area contributed by atoms with E-state index in [9.17, 15) is 8.42 Å². The number of para-hydroxylation sites is 1. The predicted octanol–water partition coefficient (Wildman–Crippen LogP) is 4.20. The number of nitrogens with zero attached hydrogens (tertiary/aromatic N) is 1. The summed E-state index contributed by atoms with van der Waals surface area (Å²) in [6.45, 7) is 4.14. The molecule has 7 heteroatoms. The monoisotopic (exact) mass is 424 g/mol. The van der Waals surface area contributed by atoms with E-state index in [0.29, 0.717) is 23.7 Å². The van der Waals surface area contributed by atoms with Crippen molar-refractivity contribution >= 4 is 16.2 Å². The first-order valence-corrected chi connectivity index (χ1v) is 10.8. The molecule has 3 aromatic rings. The summed E-state index contributed by atoms with van der Waals surface area (Å²) in [5, 5.41) is 3.93. The van der Waals surface area contributed by atoms with Crippen molar-refractivity contribution in [3.8, 4) is 11.5 Å². The van der Waals surface area contributed by atoms with Crippen LogP contribution in [0.15, 0.2) is 76.7 Å². The lowest BCUT2D eigenvalue weighted by Gasteiger charge is -2.13. The van der Waals surface area contributed by atoms with Gasteiger partial charge in [0.2, 0.25) is 0 Å². The Morgan fingerprint density at radius 2 is 1.73 bits per heavy atom. The van der Waals surface area contributed by atoms with E-state index >= 15 is 0 Å². The Bertz CT molecular complexity index is 1140. The Morgan fingerprint density at radius 3 is 2.43 bits per heavy atom. The standard InChI is InChI=1S/C23H24N2O4S/c1-17-12-13-21(14-18(17)2)30(26,27)25-24-15-20-10-7-11-22(28-3)23(20)29-16-19-8-5-4-6-9-19/h4-15,25H,16H2,1-3H3/b24-15+. The van der Waals surface area contributed by atoms with Crippen molar-refractivity contribution in [1.29, 1.82) is 0 Å². The highest BCUT2D eigenvalue weighted by Gasteiger charge is 2.14. The highest BCUT2D eigenvalue weighted by molar-refractivity contribution is 7.89. The maximum atomic E-state index is 12.5. The van der Waals surface area contributed by atoms with E-state index in [1.807, 2.05) is 44.2 Å². The zero-order valence-electron chi connectivity index (χ0n) is 17.1. The number of nitrogens with one attached hydrogen (secondary N) is 1. The largest absolute Gasteiger partial charge is 0.493 e. The van der Waals surface area contributed by atoms with E-state index < -0.39 is 10.0 Å². The van der Waals surface area contributed by atoms with Crippen molar-refractivity contribution in [1.82, 2.24) is 4.83 Å². The number of aryl methyl sites for hydroxylation is 2. The number of hydrogen-bond acceptors (Lipinski definition) is 5. The molecule has 6 nitrogen and oxygen atoms in total. The van der Waals surface area contributed by atoms with E-state index in [4.69, 9.17) is 9.47 Å². The quantitative estimate of drug-likeness (QED) is 0.434. The van der Waals surface area contributed by atoms with Gasteiger partial charge in [-0.25, -0.2) is 4.83 Å². The molecule has 156 valence electrons. The van der Waals surface area contributed by atoms with Crippen LogP contribution in [0.4, 0.5) is 0 Å². The van der Waals surface area contributed by atoms with Crippen molar-refractivity contribution in [3.63, 3.8) is 0 Å². The molecule has 0 heterocycles. The number of hydrogen-bond donors (Lipinski definition) is 1. The van der Waals surface area contributed by atoms with Crippen LogP contribution in [0, 0.1) is 13.8 Å². The van der Waals surface area contributed by atoms with Gasteiger partial charge in [-0.05, 0) is 54.8 Å². The second kappa shape index (κ2) is 9.45. The van der Waals surface area contributed by atoms with Gasteiger partial charge >= 0.3 is 0 Å². The molecule has 0 aliphatic carbocycles. The first-order chi connectivity index (χ1) is 14.4. The molecule has 0 aromatic heterocycles. The van der Waals surface area contributed by atoms with Gasteiger partial charge in [-0.2, -0.15) is 13.5 Å². The van der Waals surface area contributed by atoms with Gasteiger partial charge in [0.25, 0.3) is 10.0 Å². The molecule has 0 saturated heterocycles. The smallest absolute Gasteiger partial charge is 0.276 e. The Kier molecular flexibility index (Phi) is 6.74. The van der Waals surface area contributed by atoms with Crippen LogP contribution in [0.25, 0.3) is 0 Å². The first-order valence-electron chi connectivity index (χ1n) is 9.36. The number of benzene rings is 3. The summed E-state index contributed by atoms with van der Waals surface area (Å²) in [5.41, 5.74) is 3.51. The predicted molar refractivity (Wildman–Crippen MR) is 118 cm³/mol. The SMILES string of the molecule is COc1cccc(/C=N/NS(=O)(=O)c2ccc(C)c(C)c2)c1OCc1ccccc1. The van der Waals surface area contributed by atoms with Gasteiger partial charge in [-0.3, -0.25) is 0 Å². The van der Waals surface area contributed by atoms with Gasteiger partial charge in [0.1, 0.15) is 6.61 Å². The number of methoxy groups -OCH3 is 1. The lowest BCUT2D eigenvalue weighted by molar-refractivity contribution is 0.284. The number of hydrazone groups is 1. The summed E-state index contributed by atoms with van der Waals surface area (Å²) in [5.74, 6) is 1.02. The summed E-state index contributed by atoms with van der Waals surface area (Å²) >= 11 is 0. The topological polar surface area (TPSA) is 77.0 Å². The minimum absolute atomic E-state index is 0.161. The van der Waals surface area contributed by atoms with Gasteiger partial charge in [0.05, 0.1) is 18.2 Å². The van der Waals surface area contributed by atoms with Crippen LogP contribution in [0.2, 0.25) is 0 Å². The summed E-state index contributed by atoms with van der Waals surface area (Å²) in [6, 6.07) is 20.0. The summed E-state index contributed by atoms with van der Waals surface area (Å²) in [7, 11) is -2.22. The van der Waals surface area contributed by atoms with Crippen molar-refractivity contribution < 1.29 is 17.9 Å². The maximum Gasteiger partial charge on any atom is 0.276 e. The van der Waals surface area contributed by atoms with E-state index in [0.717, 1.165) is 16.7 Å². The van der Waals surface area contributed by atoms with Gasteiger partial charge in [-0.15, -0.1) is 0 Å². The molecule has 3 rings (SSSR count). The van der Waals surface area contributed by atoms with Crippen molar-refractivity contribution in [3.05, 3.63) is 89.0 Å². The highest BCUT2D eigenvalue weighted by Crippen LogP contribution is 2.30. The highest BCUT2D eigenvalue weighted by atomic mass is 32.2. The lowest BCUT2D eigenvalue weighted by atomic mass is 10.1. The minimum atomic E-state index is -3.77. The fourth-order valence-corrected chi connectivity index (χ4v) is 3.65. The van der Waals surface area contributed by atoms with Crippen molar-refractivity contribution in [2.45, 2.75) is 25.3 Å². The zero-order valence-corrected chi connectivity index (χ0v) is 17.9. The van der Waals surface area contributed by atoms with Crippen LogP contribution >= 0.6 is 0 Å². The normalized spacial score (nSPS) is 11.4. The van der Waals surface area contributed by atoms with Crippen LogP contribution in [-0.4, -0.2) is 21.7 Å². The molecule has 0 amide bonds. The number of ether oxygens (including phenoxy) is 2. The average molecular weight is 425 g/mol. The Hall–Kier alpha value is -3.32. The van der Waals surface area contributed by atoms with E-state index in [2.05, 4.69) is 9.93 Å². The third kappa shape index (κ3) is 5.18. The molecule has 0 atom stereocenters. The second-order valence-corrected chi connectivity index (χ2v) is 8.41. The molecule has 0 aliphatic rings. The van der Waals surface area contributed by atoms with Crippen LogP contribution in [-0.2, 0) is 16.6 Å².